The Morgan fingerprint density at radius 1 is 0.833 bits per heavy atom. The van der Waals surface area contributed by atoms with E-state index in [1.165, 1.54) is 30.5 Å². The minimum Gasteiger partial charge on any atom is -0.375 e. The lowest BCUT2D eigenvalue weighted by atomic mass is 10.0. The van der Waals surface area contributed by atoms with E-state index < -0.39 is 0 Å². The second-order valence-corrected chi connectivity index (χ2v) is 6.96. The van der Waals surface area contributed by atoms with E-state index in [1.54, 1.807) is 0 Å². The van der Waals surface area contributed by atoms with Gasteiger partial charge in [0.15, 0.2) is 0 Å². The van der Waals surface area contributed by atoms with Crippen molar-refractivity contribution in [1.82, 2.24) is 0 Å². The molecule has 0 fully saturated rings. The Bertz CT molecular complexity index is 322. The lowest BCUT2D eigenvalue weighted by Crippen LogP contribution is -2.18. The van der Waals surface area contributed by atoms with Gasteiger partial charge in [0.1, 0.15) is 0 Å². The van der Waals surface area contributed by atoms with Gasteiger partial charge in [-0.25, -0.2) is 0 Å². The topological polar surface area (TPSA) is 3.24 Å². The third kappa shape index (κ3) is 19.1. The zero-order chi connectivity index (χ0) is 19.5. The van der Waals surface area contributed by atoms with Gasteiger partial charge in [0.2, 0.25) is 0 Å². The van der Waals surface area contributed by atoms with Gasteiger partial charge in [0, 0.05) is 19.3 Å². The summed E-state index contributed by atoms with van der Waals surface area (Å²) in [5.41, 5.74) is 2.75. The van der Waals surface area contributed by atoms with E-state index in [0.29, 0.717) is 5.92 Å². The molecule has 0 aliphatic carbocycles. The molecule has 0 aromatic heterocycles. The summed E-state index contributed by atoms with van der Waals surface area (Å²) in [6.45, 7) is 22.6. The van der Waals surface area contributed by atoms with Crippen molar-refractivity contribution in [2.24, 2.45) is 5.92 Å². The van der Waals surface area contributed by atoms with Crippen molar-refractivity contribution in [3.8, 4) is 0 Å². The summed E-state index contributed by atoms with van der Waals surface area (Å²) in [5, 5.41) is 0. The quantitative estimate of drug-likeness (QED) is 0.524. The highest BCUT2D eigenvalue weighted by atomic mass is 15.1. The van der Waals surface area contributed by atoms with Crippen LogP contribution in [0.2, 0.25) is 0 Å². The molecule has 1 nitrogen and oxygen atoms in total. The standard InChI is InChI=1S/C14H23N.C4H10.C3H8.C2H6/c1-5-6-11-15(4)14-9-7-13(8-10-14)12(2)3;1-4(2)3;1-3-2;1-2/h7-10,12H,5-6,11H2,1-4H3;4H,1-3H3;3H2,1-2H3;1-2H3. The average molecular weight is 338 g/mol. The Hall–Kier alpha value is -0.980. The van der Waals surface area contributed by atoms with E-state index in [9.17, 15) is 0 Å². The average Bonchev–Trinajstić information content (AvgIpc) is 2.55. The summed E-state index contributed by atoms with van der Waals surface area (Å²) >= 11 is 0. The fraction of sp³-hybridized carbons (Fsp3) is 0.739. The summed E-state index contributed by atoms with van der Waals surface area (Å²) in [7, 11) is 2.17. The van der Waals surface area contributed by atoms with Gasteiger partial charge in [0.05, 0.1) is 0 Å². The Morgan fingerprint density at radius 3 is 1.50 bits per heavy atom. The van der Waals surface area contributed by atoms with Crippen LogP contribution in [0, 0.1) is 5.92 Å². The van der Waals surface area contributed by atoms with Crippen molar-refractivity contribution in [1.29, 1.82) is 0 Å². The number of rotatable bonds is 5. The van der Waals surface area contributed by atoms with Gasteiger partial charge >= 0.3 is 0 Å². The number of hydrogen-bond acceptors (Lipinski definition) is 1. The van der Waals surface area contributed by atoms with Gasteiger partial charge in [-0.2, -0.15) is 0 Å². The van der Waals surface area contributed by atoms with Crippen LogP contribution in [0.25, 0.3) is 0 Å². The van der Waals surface area contributed by atoms with Crippen LogP contribution in [0.15, 0.2) is 24.3 Å². The maximum absolute atomic E-state index is 2.33. The van der Waals surface area contributed by atoms with Crippen LogP contribution in [0.5, 0.6) is 0 Å². The zero-order valence-corrected chi connectivity index (χ0v) is 18.7. The van der Waals surface area contributed by atoms with Crippen LogP contribution in [-0.4, -0.2) is 13.6 Å². The summed E-state index contributed by atoms with van der Waals surface area (Å²) in [6.07, 6.45) is 3.77. The van der Waals surface area contributed by atoms with Gasteiger partial charge in [-0.15, -0.1) is 0 Å². The fourth-order valence-corrected chi connectivity index (χ4v) is 1.64. The van der Waals surface area contributed by atoms with Crippen molar-refractivity contribution in [3.05, 3.63) is 29.8 Å². The molecular weight excluding hydrogens is 290 g/mol. The van der Waals surface area contributed by atoms with Crippen molar-refractivity contribution in [2.75, 3.05) is 18.5 Å². The smallest absolute Gasteiger partial charge is 0.0363 e. The number of anilines is 1. The molecule has 1 aromatic carbocycles. The first-order valence-electron chi connectivity index (χ1n) is 10.1. The molecule has 0 amide bonds. The lowest BCUT2D eigenvalue weighted by molar-refractivity contribution is 0.737. The van der Waals surface area contributed by atoms with E-state index in [2.05, 4.69) is 91.6 Å². The summed E-state index contributed by atoms with van der Waals surface area (Å²) in [4.78, 5) is 2.33. The highest BCUT2D eigenvalue weighted by Gasteiger charge is 2.01. The molecule has 0 atom stereocenters. The van der Waals surface area contributed by atoms with Crippen LogP contribution in [-0.2, 0) is 0 Å². The monoisotopic (exact) mass is 337 g/mol. The molecule has 0 bridgehead atoms. The third-order valence-electron chi connectivity index (χ3n) is 2.85. The SMILES string of the molecule is CC.CC(C)C.CCC.CCCCN(C)c1ccc(C(C)C)cc1. The fourth-order valence-electron chi connectivity index (χ4n) is 1.64. The molecule has 0 aliphatic rings. The summed E-state index contributed by atoms with van der Waals surface area (Å²) in [6, 6.07) is 8.93. The molecule has 0 unspecified atom stereocenters. The van der Waals surface area contributed by atoms with Gasteiger partial charge in [-0.05, 0) is 36.0 Å². The Balaban J connectivity index is -0.000000411. The van der Waals surface area contributed by atoms with Crippen molar-refractivity contribution in [2.45, 2.75) is 94.4 Å². The van der Waals surface area contributed by atoms with Crippen molar-refractivity contribution < 1.29 is 0 Å². The third-order valence-corrected chi connectivity index (χ3v) is 2.85. The number of unbranched alkanes of at least 4 members (excludes halogenated alkanes) is 1. The van der Waals surface area contributed by atoms with Gasteiger partial charge in [0.25, 0.3) is 0 Å². The van der Waals surface area contributed by atoms with Crippen LogP contribution < -0.4 is 4.90 Å². The first kappa shape index (κ1) is 27.8. The second kappa shape index (κ2) is 20.1. The van der Waals surface area contributed by atoms with E-state index in [0.717, 1.165) is 12.5 Å². The van der Waals surface area contributed by atoms with Crippen LogP contribution in [0.4, 0.5) is 5.69 Å². The lowest BCUT2D eigenvalue weighted by Gasteiger charge is -2.19. The van der Waals surface area contributed by atoms with Crippen LogP contribution in [0.3, 0.4) is 0 Å². The first-order valence-corrected chi connectivity index (χ1v) is 10.1. The molecule has 1 rings (SSSR count). The van der Waals surface area contributed by atoms with Gasteiger partial charge in [-0.3, -0.25) is 0 Å². The second-order valence-electron chi connectivity index (χ2n) is 6.96. The Morgan fingerprint density at radius 2 is 1.21 bits per heavy atom. The molecule has 0 spiro atoms. The van der Waals surface area contributed by atoms with E-state index in [-0.39, 0.29) is 0 Å². The van der Waals surface area contributed by atoms with Gasteiger partial charge < -0.3 is 4.90 Å². The van der Waals surface area contributed by atoms with Crippen LogP contribution in [0.1, 0.15) is 100.0 Å². The highest BCUT2D eigenvalue weighted by molar-refractivity contribution is 5.47. The molecule has 1 aromatic rings. The number of hydrogen-bond donors (Lipinski definition) is 0. The molecule has 0 aliphatic heterocycles. The molecule has 1 heteroatoms. The maximum atomic E-state index is 2.33. The molecule has 144 valence electrons. The first-order chi connectivity index (χ1) is 11.3. The molecule has 0 saturated carbocycles. The number of nitrogens with zero attached hydrogens (tertiary/aromatic N) is 1. The predicted molar refractivity (Wildman–Crippen MR) is 117 cm³/mol. The molecule has 24 heavy (non-hydrogen) atoms. The molecule has 0 saturated heterocycles. The van der Waals surface area contributed by atoms with E-state index in [1.807, 2.05) is 13.8 Å². The van der Waals surface area contributed by atoms with Crippen molar-refractivity contribution >= 4 is 5.69 Å². The van der Waals surface area contributed by atoms with Crippen LogP contribution >= 0.6 is 0 Å². The molecule has 0 heterocycles. The normalized spacial score (nSPS) is 9.21. The molecule has 0 N–H and O–H groups in total. The largest absolute Gasteiger partial charge is 0.375 e. The molecule has 0 radical (unpaired) electrons. The Kier molecular flexibility index (Phi) is 23.3. The minimum atomic E-state index is 0.625. The van der Waals surface area contributed by atoms with E-state index in [4.69, 9.17) is 0 Å². The summed E-state index contributed by atoms with van der Waals surface area (Å²) < 4.78 is 0. The van der Waals surface area contributed by atoms with Gasteiger partial charge in [-0.1, -0.05) is 94.2 Å². The maximum Gasteiger partial charge on any atom is 0.0363 e. The number of benzene rings is 1. The summed E-state index contributed by atoms with van der Waals surface area (Å²) in [5.74, 6) is 1.46. The van der Waals surface area contributed by atoms with E-state index >= 15 is 0 Å². The minimum absolute atomic E-state index is 0.625. The zero-order valence-electron chi connectivity index (χ0n) is 18.7. The predicted octanol–water partition coefficient (Wildman–Crippen LogP) is 8.15. The Labute approximate surface area is 154 Å². The molecular formula is C23H47N. The van der Waals surface area contributed by atoms with Crippen molar-refractivity contribution in [3.63, 3.8) is 0 Å². The highest BCUT2D eigenvalue weighted by Crippen LogP contribution is 2.19.